The summed E-state index contributed by atoms with van der Waals surface area (Å²) < 4.78 is 4.81. The molecular weight excluding hydrogens is 316 g/mol. The van der Waals surface area contributed by atoms with Crippen LogP contribution in [0.2, 0.25) is 0 Å². The van der Waals surface area contributed by atoms with Gasteiger partial charge in [-0.15, -0.1) is 0 Å². The van der Waals surface area contributed by atoms with E-state index in [0.29, 0.717) is 11.6 Å². The van der Waals surface area contributed by atoms with E-state index < -0.39 is 0 Å². The maximum atomic E-state index is 11.7. The Labute approximate surface area is 147 Å². The first-order valence-corrected chi connectivity index (χ1v) is 8.69. The molecule has 1 aliphatic carbocycles. The van der Waals surface area contributed by atoms with Crippen molar-refractivity contribution in [1.82, 2.24) is 9.97 Å². The molecule has 25 heavy (non-hydrogen) atoms. The number of hydrogen-bond acceptors (Lipinski definition) is 6. The second kappa shape index (κ2) is 6.35. The normalized spacial score (nSPS) is 16.3. The molecule has 1 aromatic carbocycles. The molecule has 0 unspecified atom stereocenters. The fraction of sp³-hybridized carbons (Fsp3) is 0.421. The highest BCUT2D eigenvalue weighted by Crippen LogP contribution is 2.28. The summed E-state index contributed by atoms with van der Waals surface area (Å²) in [7, 11) is 1.41. The van der Waals surface area contributed by atoms with Crippen molar-refractivity contribution in [2.75, 3.05) is 23.9 Å². The number of anilines is 2. The number of fused-ring (bicyclic) bond motifs is 1. The largest absolute Gasteiger partial charge is 0.465 e. The van der Waals surface area contributed by atoms with Gasteiger partial charge in [-0.3, -0.25) is 0 Å². The number of aryl methyl sites for hydroxylation is 1. The molecule has 2 aliphatic rings. The first-order valence-electron chi connectivity index (χ1n) is 8.69. The molecule has 1 saturated carbocycles. The molecule has 6 nitrogen and oxygen atoms in total. The number of benzene rings is 1. The Morgan fingerprint density at radius 3 is 2.84 bits per heavy atom. The third-order valence-corrected chi connectivity index (χ3v) is 4.72. The van der Waals surface area contributed by atoms with Crippen molar-refractivity contribution in [2.45, 2.75) is 38.8 Å². The zero-order valence-electron chi connectivity index (χ0n) is 14.6. The lowest BCUT2D eigenvalue weighted by Gasteiger charge is -2.30. The highest BCUT2D eigenvalue weighted by Gasteiger charge is 2.23. The van der Waals surface area contributed by atoms with E-state index in [0.717, 1.165) is 37.0 Å². The van der Waals surface area contributed by atoms with E-state index in [9.17, 15) is 4.79 Å². The average molecular weight is 338 g/mol. The molecule has 130 valence electrons. The van der Waals surface area contributed by atoms with Crippen molar-refractivity contribution in [3.63, 3.8) is 0 Å². The van der Waals surface area contributed by atoms with Gasteiger partial charge in [0.2, 0.25) is 0 Å². The molecule has 1 N–H and O–H groups in total. The molecule has 1 aromatic heterocycles. The highest BCUT2D eigenvalue weighted by atomic mass is 16.5. The van der Waals surface area contributed by atoms with Crippen LogP contribution in [0, 0.1) is 6.92 Å². The molecule has 0 spiro atoms. The Morgan fingerprint density at radius 1 is 1.24 bits per heavy atom. The number of methoxy groups -OCH3 is 1. The van der Waals surface area contributed by atoms with Gasteiger partial charge >= 0.3 is 5.97 Å². The molecule has 0 saturated heterocycles. The van der Waals surface area contributed by atoms with E-state index in [-0.39, 0.29) is 5.97 Å². The Balaban J connectivity index is 1.55. The van der Waals surface area contributed by atoms with Crippen LogP contribution < -0.4 is 10.2 Å². The van der Waals surface area contributed by atoms with Crippen LogP contribution in [0.25, 0.3) is 0 Å². The van der Waals surface area contributed by atoms with Crippen LogP contribution in [0.3, 0.4) is 0 Å². The number of nitrogens with zero attached hydrogens (tertiary/aromatic N) is 3. The monoisotopic (exact) mass is 338 g/mol. The van der Waals surface area contributed by atoms with Gasteiger partial charge in [-0.1, -0.05) is 6.07 Å². The fourth-order valence-electron chi connectivity index (χ4n) is 3.22. The summed E-state index contributed by atoms with van der Waals surface area (Å²) in [5.41, 5.74) is 3.05. The lowest BCUT2D eigenvalue weighted by Crippen LogP contribution is -2.31. The first kappa shape index (κ1) is 15.9. The van der Waals surface area contributed by atoms with Crippen molar-refractivity contribution < 1.29 is 9.53 Å². The number of rotatable bonds is 4. The molecule has 2 heterocycles. The minimum Gasteiger partial charge on any atom is -0.465 e. The number of hydrogen-bond donors (Lipinski definition) is 1. The molecular formula is C19H22N4O2. The number of nitrogens with one attached hydrogen (secondary N) is 1. The summed E-state index contributed by atoms with van der Waals surface area (Å²) in [5.74, 6) is 2.37. The van der Waals surface area contributed by atoms with Gasteiger partial charge < -0.3 is 15.0 Å². The van der Waals surface area contributed by atoms with E-state index in [1.807, 2.05) is 31.2 Å². The van der Waals surface area contributed by atoms with Gasteiger partial charge in [-0.05, 0) is 49.4 Å². The van der Waals surface area contributed by atoms with Gasteiger partial charge in [0, 0.05) is 25.2 Å². The Morgan fingerprint density at radius 2 is 2.08 bits per heavy atom. The minimum absolute atomic E-state index is 0.285. The van der Waals surface area contributed by atoms with Crippen molar-refractivity contribution in [2.24, 2.45) is 0 Å². The van der Waals surface area contributed by atoms with Crippen molar-refractivity contribution in [3.05, 3.63) is 46.8 Å². The highest BCUT2D eigenvalue weighted by molar-refractivity contribution is 5.89. The Bertz CT molecular complexity index is 817. The van der Waals surface area contributed by atoms with Crippen LogP contribution >= 0.6 is 0 Å². The van der Waals surface area contributed by atoms with Gasteiger partial charge in [-0.2, -0.15) is 0 Å². The molecule has 1 aliphatic heterocycles. The van der Waals surface area contributed by atoms with E-state index in [1.165, 1.54) is 31.1 Å². The molecule has 6 heteroatoms. The summed E-state index contributed by atoms with van der Waals surface area (Å²) in [6, 6.07) is 8.41. The third kappa shape index (κ3) is 3.43. The van der Waals surface area contributed by atoms with E-state index in [1.54, 1.807) is 0 Å². The maximum Gasteiger partial charge on any atom is 0.337 e. The summed E-state index contributed by atoms with van der Waals surface area (Å²) >= 11 is 0. The summed E-state index contributed by atoms with van der Waals surface area (Å²) in [5, 5.41) is 3.45. The van der Waals surface area contributed by atoms with Gasteiger partial charge in [0.1, 0.15) is 17.5 Å². The van der Waals surface area contributed by atoms with Gasteiger partial charge in [0.15, 0.2) is 0 Å². The van der Waals surface area contributed by atoms with Gasteiger partial charge in [-0.25, -0.2) is 14.8 Å². The quantitative estimate of drug-likeness (QED) is 0.865. The van der Waals surface area contributed by atoms with E-state index in [2.05, 4.69) is 20.2 Å². The van der Waals surface area contributed by atoms with Crippen molar-refractivity contribution in [1.29, 1.82) is 0 Å². The number of aromatic nitrogens is 2. The van der Waals surface area contributed by atoms with Crippen LogP contribution in [0.15, 0.2) is 24.3 Å². The SMILES string of the molecule is COC(=O)c1ccc2c(c1)CCN(c1cc(NC3CC3)nc(C)n1)C2. The smallest absolute Gasteiger partial charge is 0.337 e. The molecule has 0 amide bonds. The van der Waals surface area contributed by atoms with Crippen LogP contribution in [-0.4, -0.2) is 35.6 Å². The molecule has 0 radical (unpaired) electrons. The van der Waals surface area contributed by atoms with Crippen molar-refractivity contribution >= 4 is 17.6 Å². The molecule has 1 fully saturated rings. The second-order valence-corrected chi connectivity index (χ2v) is 6.72. The first-order chi connectivity index (χ1) is 12.1. The van der Waals surface area contributed by atoms with Crippen molar-refractivity contribution in [3.8, 4) is 0 Å². The lowest BCUT2D eigenvalue weighted by molar-refractivity contribution is 0.0600. The molecule has 0 atom stereocenters. The molecule has 0 bridgehead atoms. The molecule has 4 rings (SSSR count). The number of esters is 1. The standard InChI is InChI=1S/C19H22N4O2/c1-12-20-17(22-16-5-6-16)10-18(21-12)23-8-7-13-9-14(19(24)25-2)3-4-15(13)11-23/h3-4,9-10,16H,5-8,11H2,1-2H3,(H,20,21,22). The van der Waals surface area contributed by atoms with Crippen LogP contribution in [0.4, 0.5) is 11.6 Å². The zero-order chi connectivity index (χ0) is 17.4. The molecule has 2 aromatic rings. The Hall–Kier alpha value is -2.63. The predicted molar refractivity (Wildman–Crippen MR) is 95.9 cm³/mol. The summed E-state index contributed by atoms with van der Waals surface area (Å²) in [6.07, 6.45) is 3.32. The number of ether oxygens (including phenoxy) is 1. The maximum absolute atomic E-state index is 11.7. The second-order valence-electron chi connectivity index (χ2n) is 6.72. The van der Waals surface area contributed by atoms with E-state index in [4.69, 9.17) is 4.74 Å². The number of carbonyl (C=O) groups is 1. The Kier molecular flexibility index (Phi) is 4.03. The van der Waals surface area contributed by atoms with Crippen LogP contribution in [0.5, 0.6) is 0 Å². The number of carbonyl (C=O) groups excluding carboxylic acids is 1. The van der Waals surface area contributed by atoms with Gasteiger partial charge in [0.25, 0.3) is 0 Å². The lowest BCUT2D eigenvalue weighted by atomic mass is 9.97. The van der Waals surface area contributed by atoms with E-state index >= 15 is 0 Å². The van der Waals surface area contributed by atoms with Crippen LogP contribution in [0.1, 0.15) is 40.2 Å². The summed E-state index contributed by atoms with van der Waals surface area (Å²) in [6.45, 7) is 3.59. The fourth-order valence-corrected chi connectivity index (χ4v) is 3.22. The summed E-state index contributed by atoms with van der Waals surface area (Å²) in [4.78, 5) is 23.1. The minimum atomic E-state index is -0.285. The zero-order valence-corrected chi connectivity index (χ0v) is 14.6. The predicted octanol–water partition coefficient (Wildman–Crippen LogP) is 2.71. The van der Waals surface area contributed by atoms with Gasteiger partial charge in [0.05, 0.1) is 12.7 Å². The average Bonchev–Trinajstić information content (AvgIpc) is 3.43. The van der Waals surface area contributed by atoms with Crippen LogP contribution in [-0.2, 0) is 17.7 Å². The topological polar surface area (TPSA) is 67.3 Å². The third-order valence-electron chi connectivity index (χ3n) is 4.72.